The summed E-state index contributed by atoms with van der Waals surface area (Å²) in [5, 5.41) is 12.7. The topological polar surface area (TPSA) is 75.4 Å². The van der Waals surface area contributed by atoms with Crippen molar-refractivity contribution in [3.05, 3.63) is 0 Å². The third kappa shape index (κ3) is 3.80. The first-order valence-corrected chi connectivity index (χ1v) is 5.83. The Morgan fingerprint density at radius 3 is 2.67 bits per heavy atom. The van der Waals surface area contributed by atoms with Gasteiger partial charge in [0.05, 0.1) is 11.6 Å². The summed E-state index contributed by atoms with van der Waals surface area (Å²) in [5.74, 6) is -0.142. The lowest BCUT2D eigenvalue weighted by atomic mass is 10.0. The number of aliphatic hydroxyl groups is 1. The van der Waals surface area contributed by atoms with E-state index in [1.807, 2.05) is 6.92 Å². The molecule has 4 N–H and O–H groups in total. The van der Waals surface area contributed by atoms with Crippen molar-refractivity contribution in [3.8, 4) is 0 Å². The molecule has 0 aromatic heterocycles. The van der Waals surface area contributed by atoms with Crippen LogP contribution in [-0.2, 0) is 4.79 Å². The highest BCUT2D eigenvalue weighted by molar-refractivity contribution is 5.81. The van der Waals surface area contributed by atoms with E-state index in [4.69, 9.17) is 5.73 Å². The van der Waals surface area contributed by atoms with Crippen molar-refractivity contribution in [2.24, 2.45) is 5.73 Å². The number of nitrogens with one attached hydrogen (secondary N) is 1. The summed E-state index contributed by atoms with van der Waals surface area (Å²) in [5.41, 5.74) is 4.98. The average molecular weight is 214 g/mol. The predicted octanol–water partition coefficient (Wildman–Crippen LogP) is 0.535. The number of nitrogens with two attached hydrogens (primary N) is 1. The van der Waals surface area contributed by atoms with Crippen molar-refractivity contribution >= 4 is 5.91 Å². The molecule has 1 amide bonds. The molecule has 1 saturated carbocycles. The lowest BCUT2D eigenvalue weighted by Gasteiger charge is -2.23. The second-order valence-electron chi connectivity index (χ2n) is 4.54. The number of hydrogen-bond acceptors (Lipinski definition) is 3. The Morgan fingerprint density at radius 1 is 1.53 bits per heavy atom. The molecule has 4 nitrogen and oxygen atoms in total. The Hall–Kier alpha value is -0.610. The predicted molar refractivity (Wildman–Crippen MR) is 59.3 cm³/mol. The number of carbonyl (C=O) groups excluding carboxylic acids is 1. The van der Waals surface area contributed by atoms with Crippen LogP contribution in [0.5, 0.6) is 0 Å². The molecule has 0 radical (unpaired) electrons. The molecule has 1 aliphatic carbocycles. The third-order valence-electron chi connectivity index (χ3n) is 3.06. The standard InChI is InChI=1S/C11H22N2O2/c1-2-5-9(12)10(14)13-8-11(15)6-3-4-7-11/h9,15H,2-8,12H2,1H3,(H,13,14). The zero-order valence-electron chi connectivity index (χ0n) is 9.46. The summed E-state index contributed by atoms with van der Waals surface area (Å²) in [6, 6.07) is -0.431. The zero-order valence-corrected chi connectivity index (χ0v) is 9.46. The van der Waals surface area contributed by atoms with Crippen LogP contribution in [0.15, 0.2) is 0 Å². The minimum absolute atomic E-state index is 0.142. The van der Waals surface area contributed by atoms with Crippen LogP contribution in [-0.4, -0.2) is 29.2 Å². The van der Waals surface area contributed by atoms with Gasteiger partial charge >= 0.3 is 0 Å². The van der Waals surface area contributed by atoms with E-state index < -0.39 is 11.6 Å². The van der Waals surface area contributed by atoms with E-state index in [1.165, 1.54) is 0 Å². The molecule has 1 unspecified atom stereocenters. The Bertz CT molecular complexity index is 213. The lowest BCUT2D eigenvalue weighted by Crippen LogP contribution is -2.47. The van der Waals surface area contributed by atoms with Crippen LogP contribution in [0.2, 0.25) is 0 Å². The first kappa shape index (κ1) is 12.5. The Balaban J connectivity index is 2.26. The molecule has 1 fully saturated rings. The Kier molecular flexibility index (Phi) is 4.54. The van der Waals surface area contributed by atoms with E-state index in [1.54, 1.807) is 0 Å². The van der Waals surface area contributed by atoms with Crippen molar-refractivity contribution in [1.29, 1.82) is 0 Å². The first-order chi connectivity index (χ1) is 7.07. The monoisotopic (exact) mass is 214 g/mol. The van der Waals surface area contributed by atoms with Gasteiger partial charge < -0.3 is 16.2 Å². The van der Waals surface area contributed by atoms with E-state index in [0.717, 1.165) is 32.1 Å². The van der Waals surface area contributed by atoms with Gasteiger partial charge in [-0.2, -0.15) is 0 Å². The highest BCUT2D eigenvalue weighted by Gasteiger charge is 2.31. The SMILES string of the molecule is CCCC(N)C(=O)NCC1(O)CCCC1. The molecule has 1 aliphatic rings. The van der Waals surface area contributed by atoms with Crippen LogP contribution < -0.4 is 11.1 Å². The van der Waals surface area contributed by atoms with E-state index >= 15 is 0 Å². The van der Waals surface area contributed by atoms with Crippen LogP contribution in [0.25, 0.3) is 0 Å². The van der Waals surface area contributed by atoms with Gasteiger partial charge in [-0.1, -0.05) is 26.2 Å². The average Bonchev–Trinajstić information content (AvgIpc) is 2.63. The summed E-state index contributed by atoms with van der Waals surface area (Å²) in [6.07, 6.45) is 5.27. The van der Waals surface area contributed by atoms with Gasteiger partial charge in [-0.15, -0.1) is 0 Å². The van der Waals surface area contributed by atoms with Gasteiger partial charge in [0.15, 0.2) is 0 Å². The third-order valence-corrected chi connectivity index (χ3v) is 3.06. The summed E-state index contributed by atoms with van der Waals surface area (Å²) >= 11 is 0. The molecule has 0 aromatic rings. The van der Waals surface area contributed by atoms with Crippen molar-refractivity contribution in [3.63, 3.8) is 0 Å². The van der Waals surface area contributed by atoms with Crippen molar-refractivity contribution < 1.29 is 9.90 Å². The van der Waals surface area contributed by atoms with E-state index in [2.05, 4.69) is 5.32 Å². The molecule has 0 saturated heterocycles. The zero-order chi connectivity index (χ0) is 11.3. The Labute approximate surface area is 91.2 Å². The smallest absolute Gasteiger partial charge is 0.237 e. The van der Waals surface area contributed by atoms with Crippen molar-refractivity contribution in [1.82, 2.24) is 5.32 Å². The number of hydrogen-bond donors (Lipinski definition) is 3. The highest BCUT2D eigenvalue weighted by atomic mass is 16.3. The van der Waals surface area contributed by atoms with Crippen LogP contribution in [0.1, 0.15) is 45.4 Å². The molecule has 0 heterocycles. The van der Waals surface area contributed by atoms with E-state index in [-0.39, 0.29) is 5.91 Å². The van der Waals surface area contributed by atoms with Gasteiger partial charge in [-0.05, 0) is 19.3 Å². The second-order valence-corrected chi connectivity index (χ2v) is 4.54. The fourth-order valence-corrected chi connectivity index (χ4v) is 2.03. The van der Waals surface area contributed by atoms with E-state index in [0.29, 0.717) is 13.0 Å². The van der Waals surface area contributed by atoms with Crippen LogP contribution in [0, 0.1) is 0 Å². The second kappa shape index (κ2) is 5.47. The summed E-state index contributed by atoms with van der Waals surface area (Å²) in [6.45, 7) is 2.35. The number of carbonyl (C=O) groups is 1. The minimum Gasteiger partial charge on any atom is -0.388 e. The first-order valence-electron chi connectivity index (χ1n) is 5.83. The largest absolute Gasteiger partial charge is 0.388 e. The van der Waals surface area contributed by atoms with Crippen LogP contribution in [0.4, 0.5) is 0 Å². The molecule has 1 atom stereocenters. The quantitative estimate of drug-likeness (QED) is 0.625. The maximum atomic E-state index is 11.5. The molecule has 0 bridgehead atoms. The summed E-state index contributed by atoms with van der Waals surface area (Å²) in [7, 11) is 0. The van der Waals surface area contributed by atoms with E-state index in [9.17, 15) is 9.90 Å². The summed E-state index contributed by atoms with van der Waals surface area (Å²) in [4.78, 5) is 11.5. The normalized spacial score (nSPS) is 21.3. The summed E-state index contributed by atoms with van der Waals surface area (Å²) < 4.78 is 0. The van der Waals surface area contributed by atoms with Gasteiger partial charge in [0.1, 0.15) is 0 Å². The van der Waals surface area contributed by atoms with Gasteiger partial charge in [0, 0.05) is 6.54 Å². The molecule has 0 aromatic carbocycles. The van der Waals surface area contributed by atoms with Crippen molar-refractivity contribution in [2.45, 2.75) is 57.1 Å². The van der Waals surface area contributed by atoms with Crippen LogP contribution >= 0.6 is 0 Å². The highest BCUT2D eigenvalue weighted by Crippen LogP contribution is 2.28. The minimum atomic E-state index is -0.679. The molecule has 0 spiro atoms. The van der Waals surface area contributed by atoms with Gasteiger partial charge in [-0.3, -0.25) is 4.79 Å². The fraction of sp³-hybridized carbons (Fsp3) is 0.909. The molecular weight excluding hydrogens is 192 g/mol. The molecule has 4 heteroatoms. The lowest BCUT2D eigenvalue weighted by molar-refractivity contribution is -0.123. The van der Waals surface area contributed by atoms with Gasteiger partial charge in [0.2, 0.25) is 5.91 Å². The Morgan fingerprint density at radius 2 is 2.13 bits per heavy atom. The number of amides is 1. The van der Waals surface area contributed by atoms with Crippen molar-refractivity contribution in [2.75, 3.05) is 6.54 Å². The van der Waals surface area contributed by atoms with Gasteiger partial charge in [0.25, 0.3) is 0 Å². The molecule has 1 rings (SSSR count). The molecule has 88 valence electrons. The molecule has 0 aliphatic heterocycles. The van der Waals surface area contributed by atoms with Crippen LogP contribution in [0.3, 0.4) is 0 Å². The molecule has 15 heavy (non-hydrogen) atoms. The maximum absolute atomic E-state index is 11.5. The van der Waals surface area contributed by atoms with Gasteiger partial charge in [-0.25, -0.2) is 0 Å². The fourth-order valence-electron chi connectivity index (χ4n) is 2.03. The number of rotatable bonds is 5. The molecular formula is C11H22N2O2. The maximum Gasteiger partial charge on any atom is 0.237 e.